The molecule has 1 aliphatic rings. The highest BCUT2D eigenvalue weighted by molar-refractivity contribution is 5.91. The Kier molecular flexibility index (Phi) is 5.20. The Morgan fingerprint density at radius 2 is 1.94 bits per heavy atom. The standard InChI is InChI=1S/C25H26N4O2/c1-18-6-4-7-19(16-18)17-29-22-9-3-2-8-21(22)27-25(29)26-20-11-13-28(14-12-20)24(30)23-10-5-15-31-23/h2-10,15-16,20H,11-14,17H2,1H3,(H,26,27). The van der Waals surface area contributed by atoms with E-state index in [-0.39, 0.29) is 11.9 Å². The molecular weight excluding hydrogens is 388 g/mol. The van der Waals surface area contributed by atoms with E-state index in [1.54, 1.807) is 18.4 Å². The van der Waals surface area contributed by atoms with Crippen molar-refractivity contribution in [2.75, 3.05) is 18.4 Å². The molecule has 4 aromatic rings. The van der Waals surface area contributed by atoms with Crippen LogP contribution in [0.4, 0.5) is 5.95 Å². The second-order valence-corrected chi connectivity index (χ2v) is 8.19. The van der Waals surface area contributed by atoms with E-state index in [0.717, 1.165) is 36.4 Å². The van der Waals surface area contributed by atoms with Gasteiger partial charge in [0.05, 0.1) is 23.8 Å². The number of para-hydroxylation sites is 2. The number of rotatable bonds is 5. The zero-order valence-electron chi connectivity index (χ0n) is 17.6. The Morgan fingerprint density at radius 1 is 1.10 bits per heavy atom. The summed E-state index contributed by atoms with van der Waals surface area (Å²) in [7, 11) is 0. The van der Waals surface area contributed by atoms with Gasteiger partial charge < -0.3 is 19.2 Å². The summed E-state index contributed by atoms with van der Waals surface area (Å²) in [6.07, 6.45) is 3.29. The molecule has 0 aliphatic carbocycles. The zero-order chi connectivity index (χ0) is 21.2. The van der Waals surface area contributed by atoms with E-state index in [9.17, 15) is 4.79 Å². The summed E-state index contributed by atoms with van der Waals surface area (Å²) in [5.41, 5.74) is 4.62. The molecule has 1 amide bonds. The number of anilines is 1. The van der Waals surface area contributed by atoms with Crippen molar-refractivity contribution in [1.29, 1.82) is 0 Å². The number of aromatic nitrogens is 2. The number of benzene rings is 2. The van der Waals surface area contributed by atoms with Crippen LogP contribution >= 0.6 is 0 Å². The molecule has 1 N–H and O–H groups in total. The van der Waals surface area contributed by atoms with Gasteiger partial charge in [0.2, 0.25) is 5.95 Å². The van der Waals surface area contributed by atoms with Gasteiger partial charge in [-0.05, 0) is 49.6 Å². The predicted octanol–water partition coefficient (Wildman–Crippen LogP) is 4.70. The van der Waals surface area contributed by atoms with Crippen LogP contribution in [0.5, 0.6) is 0 Å². The second kappa shape index (κ2) is 8.30. The van der Waals surface area contributed by atoms with E-state index in [0.29, 0.717) is 18.8 Å². The molecule has 0 radical (unpaired) electrons. The Labute approximate surface area is 181 Å². The van der Waals surface area contributed by atoms with Crippen LogP contribution in [0.15, 0.2) is 71.3 Å². The van der Waals surface area contributed by atoms with E-state index in [2.05, 4.69) is 59.3 Å². The molecule has 0 saturated carbocycles. The van der Waals surface area contributed by atoms with Gasteiger partial charge in [-0.15, -0.1) is 0 Å². The lowest BCUT2D eigenvalue weighted by atomic mass is 10.0. The van der Waals surface area contributed by atoms with Gasteiger partial charge in [-0.3, -0.25) is 4.79 Å². The lowest BCUT2D eigenvalue weighted by Gasteiger charge is -2.32. The topological polar surface area (TPSA) is 63.3 Å². The summed E-state index contributed by atoms with van der Waals surface area (Å²) in [4.78, 5) is 19.3. The smallest absolute Gasteiger partial charge is 0.289 e. The minimum absolute atomic E-state index is 0.0323. The molecule has 3 heterocycles. The maximum Gasteiger partial charge on any atom is 0.289 e. The summed E-state index contributed by atoms with van der Waals surface area (Å²) in [6.45, 7) is 4.29. The molecule has 0 spiro atoms. The number of carbonyl (C=O) groups is 1. The quantitative estimate of drug-likeness (QED) is 0.514. The Balaban J connectivity index is 1.33. The number of nitrogens with one attached hydrogen (secondary N) is 1. The summed E-state index contributed by atoms with van der Waals surface area (Å²) in [6, 6.07) is 20.6. The molecule has 1 aliphatic heterocycles. The minimum Gasteiger partial charge on any atom is -0.459 e. The van der Waals surface area contributed by atoms with E-state index in [1.807, 2.05) is 11.0 Å². The van der Waals surface area contributed by atoms with Crippen LogP contribution in [-0.4, -0.2) is 39.5 Å². The van der Waals surface area contributed by atoms with Gasteiger partial charge in [0.25, 0.3) is 5.91 Å². The summed E-state index contributed by atoms with van der Waals surface area (Å²) >= 11 is 0. The molecule has 2 aromatic carbocycles. The summed E-state index contributed by atoms with van der Waals surface area (Å²) in [5, 5.41) is 3.66. The maximum absolute atomic E-state index is 12.5. The van der Waals surface area contributed by atoms with Crippen LogP contribution in [0, 0.1) is 6.92 Å². The molecule has 0 bridgehead atoms. The van der Waals surface area contributed by atoms with E-state index in [4.69, 9.17) is 9.40 Å². The highest BCUT2D eigenvalue weighted by Gasteiger charge is 2.26. The number of fused-ring (bicyclic) bond motifs is 1. The van der Waals surface area contributed by atoms with Crippen LogP contribution in [-0.2, 0) is 6.54 Å². The van der Waals surface area contributed by atoms with Gasteiger partial charge in [0, 0.05) is 19.1 Å². The number of piperidine rings is 1. The monoisotopic (exact) mass is 414 g/mol. The molecule has 2 aromatic heterocycles. The molecule has 0 unspecified atom stereocenters. The molecule has 0 atom stereocenters. The molecule has 5 rings (SSSR count). The fourth-order valence-corrected chi connectivity index (χ4v) is 4.30. The van der Waals surface area contributed by atoms with Crippen molar-refractivity contribution in [3.8, 4) is 0 Å². The van der Waals surface area contributed by atoms with E-state index in [1.165, 1.54) is 11.1 Å². The van der Waals surface area contributed by atoms with Crippen LogP contribution < -0.4 is 5.32 Å². The summed E-state index contributed by atoms with van der Waals surface area (Å²) in [5.74, 6) is 1.26. The van der Waals surface area contributed by atoms with Crippen molar-refractivity contribution in [2.45, 2.75) is 32.4 Å². The molecule has 1 fully saturated rings. The highest BCUT2D eigenvalue weighted by Crippen LogP contribution is 2.24. The van der Waals surface area contributed by atoms with Crippen molar-refractivity contribution in [3.63, 3.8) is 0 Å². The number of imidazole rings is 1. The number of aryl methyl sites for hydroxylation is 1. The number of amides is 1. The maximum atomic E-state index is 12.5. The average Bonchev–Trinajstić information content (AvgIpc) is 3.43. The fourth-order valence-electron chi connectivity index (χ4n) is 4.30. The van der Waals surface area contributed by atoms with Gasteiger partial charge in [0.1, 0.15) is 0 Å². The first-order valence-electron chi connectivity index (χ1n) is 10.8. The minimum atomic E-state index is -0.0323. The first-order chi connectivity index (χ1) is 15.2. The number of furan rings is 1. The van der Waals surface area contributed by atoms with Crippen LogP contribution in [0.2, 0.25) is 0 Å². The van der Waals surface area contributed by atoms with Crippen LogP contribution in [0.3, 0.4) is 0 Å². The molecule has 6 heteroatoms. The Morgan fingerprint density at radius 3 is 2.71 bits per heavy atom. The largest absolute Gasteiger partial charge is 0.459 e. The number of likely N-dealkylation sites (tertiary alicyclic amines) is 1. The fraction of sp³-hybridized carbons (Fsp3) is 0.280. The van der Waals surface area contributed by atoms with Gasteiger partial charge >= 0.3 is 0 Å². The highest BCUT2D eigenvalue weighted by atomic mass is 16.3. The lowest BCUT2D eigenvalue weighted by Crippen LogP contribution is -2.42. The van der Waals surface area contributed by atoms with Crippen molar-refractivity contribution < 1.29 is 9.21 Å². The average molecular weight is 415 g/mol. The van der Waals surface area contributed by atoms with Crippen molar-refractivity contribution in [1.82, 2.24) is 14.5 Å². The normalized spacial score (nSPS) is 14.8. The third-order valence-corrected chi connectivity index (χ3v) is 5.93. The first-order valence-corrected chi connectivity index (χ1v) is 10.8. The number of nitrogens with zero attached hydrogens (tertiary/aromatic N) is 3. The van der Waals surface area contributed by atoms with Crippen molar-refractivity contribution in [2.24, 2.45) is 0 Å². The molecule has 1 saturated heterocycles. The van der Waals surface area contributed by atoms with Gasteiger partial charge in [-0.2, -0.15) is 0 Å². The Hall–Kier alpha value is -3.54. The zero-order valence-corrected chi connectivity index (χ0v) is 17.6. The van der Waals surface area contributed by atoms with Crippen molar-refractivity contribution >= 4 is 22.9 Å². The van der Waals surface area contributed by atoms with Gasteiger partial charge in [-0.25, -0.2) is 4.98 Å². The first kappa shape index (κ1) is 19.4. The van der Waals surface area contributed by atoms with Crippen molar-refractivity contribution in [3.05, 3.63) is 83.8 Å². The lowest BCUT2D eigenvalue weighted by molar-refractivity contribution is 0.0686. The number of hydrogen-bond donors (Lipinski definition) is 1. The Bertz CT molecular complexity index is 1190. The molecular formula is C25H26N4O2. The molecule has 6 nitrogen and oxygen atoms in total. The van der Waals surface area contributed by atoms with Crippen LogP contribution in [0.1, 0.15) is 34.5 Å². The third-order valence-electron chi connectivity index (χ3n) is 5.93. The SMILES string of the molecule is Cc1cccc(Cn2c(NC3CCN(C(=O)c4ccco4)CC3)nc3ccccc32)c1. The predicted molar refractivity (Wildman–Crippen MR) is 121 cm³/mol. The van der Waals surface area contributed by atoms with Gasteiger partial charge in [-0.1, -0.05) is 42.0 Å². The second-order valence-electron chi connectivity index (χ2n) is 8.19. The van der Waals surface area contributed by atoms with Gasteiger partial charge in [0.15, 0.2) is 5.76 Å². The number of hydrogen-bond acceptors (Lipinski definition) is 4. The molecule has 31 heavy (non-hydrogen) atoms. The van der Waals surface area contributed by atoms with Crippen LogP contribution in [0.25, 0.3) is 11.0 Å². The van der Waals surface area contributed by atoms with E-state index >= 15 is 0 Å². The number of carbonyl (C=O) groups excluding carboxylic acids is 1. The molecule has 158 valence electrons. The third kappa shape index (κ3) is 4.06. The summed E-state index contributed by atoms with van der Waals surface area (Å²) < 4.78 is 7.52. The van der Waals surface area contributed by atoms with E-state index < -0.39 is 0 Å².